The number of benzene rings is 3. The fraction of sp³-hybridized carbons (Fsp3) is 0.167. The summed E-state index contributed by atoms with van der Waals surface area (Å²) in [5, 5.41) is 3.06. The highest BCUT2D eigenvalue weighted by Gasteiger charge is 2.32. The van der Waals surface area contributed by atoms with Gasteiger partial charge in [0, 0.05) is 6.54 Å². The van der Waals surface area contributed by atoms with E-state index < -0.39 is 0 Å². The van der Waals surface area contributed by atoms with Crippen LogP contribution < -0.4 is 0 Å². The number of rotatable bonds is 3. The van der Waals surface area contributed by atoms with Gasteiger partial charge < -0.3 is 0 Å². The SMILES string of the molecule is CCN1C(=O)/C(=C\c2cccc3ccccc23)SC1=Nc1cc(C)ccc1C. The van der Waals surface area contributed by atoms with Crippen LogP contribution in [-0.4, -0.2) is 22.5 Å². The third-order valence-electron chi connectivity index (χ3n) is 4.90. The normalized spacial score (nSPS) is 17.2. The number of aliphatic imine (C=N–C) groups is 1. The average molecular weight is 387 g/mol. The Morgan fingerprint density at radius 2 is 1.82 bits per heavy atom. The molecule has 0 radical (unpaired) electrons. The third-order valence-corrected chi connectivity index (χ3v) is 5.90. The van der Waals surface area contributed by atoms with Gasteiger partial charge in [0.15, 0.2) is 5.17 Å². The van der Waals surface area contributed by atoms with Gasteiger partial charge in [-0.15, -0.1) is 0 Å². The van der Waals surface area contributed by atoms with Crippen LogP contribution in [0.5, 0.6) is 0 Å². The van der Waals surface area contributed by atoms with Crippen LogP contribution in [-0.2, 0) is 4.79 Å². The van der Waals surface area contributed by atoms with E-state index in [0.717, 1.165) is 32.9 Å². The van der Waals surface area contributed by atoms with E-state index in [-0.39, 0.29) is 5.91 Å². The first-order valence-electron chi connectivity index (χ1n) is 9.42. The molecule has 1 aliphatic rings. The zero-order valence-corrected chi connectivity index (χ0v) is 17.1. The van der Waals surface area contributed by atoms with Gasteiger partial charge in [-0.3, -0.25) is 9.69 Å². The Labute approximate surface area is 169 Å². The number of thioether (sulfide) groups is 1. The van der Waals surface area contributed by atoms with Gasteiger partial charge in [0.2, 0.25) is 0 Å². The zero-order valence-electron chi connectivity index (χ0n) is 16.3. The number of carbonyl (C=O) groups excluding carboxylic acids is 1. The van der Waals surface area contributed by atoms with Gasteiger partial charge in [0.1, 0.15) is 0 Å². The Bertz CT molecular complexity index is 1130. The van der Waals surface area contributed by atoms with Crippen molar-refractivity contribution >= 4 is 45.4 Å². The lowest BCUT2D eigenvalue weighted by molar-refractivity contribution is -0.122. The highest BCUT2D eigenvalue weighted by Crippen LogP contribution is 2.35. The first kappa shape index (κ1) is 18.5. The minimum Gasteiger partial charge on any atom is -0.287 e. The number of amides is 1. The maximum Gasteiger partial charge on any atom is 0.266 e. The lowest BCUT2D eigenvalue weighted by atomic mass is 10.0. The van der Waals surface area contributed by atoms with Crippen LogP contribution >= 0.6 is 11.8 Å². The fourth-order valence-electron chi connectivity index (χ4n) is 3.33. The van der Waals surface area contributed by atoms with Gasteiger partial charge in [-0.1, -0.05) is 54.6 Å². The number of fused-ring (bicyclic) bond motifs is 1. The predicted octanol–water partition coefficient (Wildman–Crippen LogP) is 6.08. The Kier molecular flexibility index (Phi) is 5.05. The molecule has 0 spiro atoms. The second-order valence-electron chi connectivity index (χ2n) is 6.91. The fourth-order valence-corrected chi connectivity index (χ4v) is 4.38. The highest BCUT2D eigenvalue weighted by molar-refractivity contribution is 8.18. The molecular weight excluding hydrogens is 364 g/mol. The average Bonchev–Trinajstić information content (AvgIpc) is 2.99. The van der Waals surface area contributed by atoms with Crippen molar-refractivity contribution in [1.29, 1.82) is 0 Å². The number of aryl methyl sites for hydroxylation is 2. The van der Waals surface area contributed by atoms with E-state index in [1.807, 2.05) is 38.1 Å². The van der Waals surface area contributed by atoms with Gasteiger partial charge in [-0.2, -0.15) is 0 Å². The molecule has 28 heavy (non-hydrogen) atoms. The number of hydrogen-bond acceptors (Lipinski definition) is 3. The van der Waals surface area contributed by atoms with Crippen molar-refractivity contribution in [1.82, 2.24) is 4.90 Å². The molecule has 3 nitrogen and oxygen atoms in total. The molecule has 0 bridgehead atoms. The predicted molar refractivity (Wildman–Crippen MR) is 120 cm³/mol. The topological polar surface area (TPSA) is 32.7 Å². The van der Waals surface area contributed by atoms with Gasteiger partial charge in [-0.25, -0.2) is 4.99 Å². The summed E-state index contributed by atoms with van der Waals surface area (Å²) in [5.74, 6) is 0.0180. The molecule has 0 saturated carbocycles. The first-order valence-corrected chi connectivity index (χ1v) is 10.2. The van der Waals surface area contributed by atoms with Crippen molar-refractivity contribution in [2.45, 2.75) is 20.8 Å². The molecule has 1 fully saturated rings. The quantitative estimate of drug-likeness (QED) is 0.511. The molecule has 4 heteroatoms. The van der Waals surface area contributed by atoms with Crippen LogP contribution in [0.2, 0.25) is 0 Å². The zero-order chi connectivity index (χ0) is 19.7. The summed E-state index contributed by atoms with van der Waals surface area (Å²) in [6.07, 6.45) is 1.99. The minimum atomic E-state index is 0.0180. The first-order chi connectivity index (χ1) is 13.6. The lowest BCUT2D eigenvalue weighted by Gasteiger charge is -2.12. The van der Waals surface area contributed by atoms with Gasteiger partial charge in [-0.05, 0) is 72.1 Å². The summed E-state index contributed by atoms with van der Waals surface area (Å²) in [7, 11) is 0. The van der Waals surface area contributed by atoms with Crippen molar-refractivity contribution in [2.75, 3.05) is 6.54 Å². The van der Waals surface area contributed by atoms with Gasteiger partial charge in [0.25, 0.3) is 5.91 Å². The van der Waals surface area contributed by atoms with Crippen LogP contribution in [0.15, 0.2) is 70.6 Å². The second kappa shape index (κ2) is 7.64. The van der Waals surface area contributed by atoms with Gasteiger partial charge >= 0.3 is 0 Å². The van der Waals surface area contributed by atoms with Crippen LogP contribution in [0, 0.1) is 13.8 Å². The largest absolute Gasteiger partial charge is 0.287 e. The van der Waals surface area contributed by atoms with Crippen LogP contribution in [0.3, 0.4) is 0 Å². The van der Waals surface area contributed by atoms with Crippen LogP contribution in [0.1, 0.15) is 23.6 Å². The maximum atomic E-state index is 13.0. The van der Waals surface area contributed by atoms with E-state index in [9.17, 15) is 4.79 Å². The number of nitrogens with zero attached hydrogens (tertiary/aromatic N) is 2. The van der Waals surface area contributed by atoms with E-state index in [0.29, 0.717) is 11.4 Å². The Morgan fingerprint density at radius 1 is 1.04 bits per heavy atom. The molecule has 0 atom stereocenters. The van der Waals surface area contributed by atoms with Crippen molar-refractivity contribution in [3.63, 3.8) is 0 Å². The summed E-state index contributed by atoms with van der Waals surface area (Å²) >= 11 is 1.45. The molecule has 1 heterocycles. The van der Waals surface area contributed by atoms with Crippen molar-refractivity contribution in [2.24, 2.45) is 4.99 Å². The second-order valence-corrected chi connectivity index (χ2v) is 7.92. The smallest absolute Gasteiger partial charge is 0.266 e. The Hall–Kier alpha value is -2.85. The standard InChI is InChI=1S/C24H22N2OS/c1-4-26-23(27)22(15-19-10-7-9-18-8-5-6-11-20(18)19)28-24(26)25-21-14-16(2)12-13-17(21)3/h5-15H,4H2,1-3H3/b22-15+,25-24?. The molecule has 140 valence electrons. The molecule has 1 saturated heterocycles. The van der Waals surface area contributed by atoms with E-state index >= 15 is 0 Å². The summed E-state index contributed by atoms with van der Waals surface area (Å²) < 4.78 is 0. The van der Waals surface area contributed by atoms with Crippen molar-refractivity contribution < 1.29 is 4.79 Å². The van der Waals surface area contributed by atoms with E-state index in [2.05, 4.69) is 49.4 Å². The molecule has 4 rings (SSSR count). The van der Waals surface area contributed by atoms with Crippen molar-refractivity contribution in [3.05, 3.63) is 82.3 Å². The highest BCUT2D eigenvalue weighted by atomic mass is 32.2. The number of hydrogen-bond donors (Lipinski definition) is 0. The lowest BCUT2D eigenvalue weighted by Crippen LogP contribution is -2.28. The number of carbonyl (C=O) groups is 1. The van der Waals surface area contributed by atoms with E-state index in [1.165, 1.54) is 17.1 Å². The summed E-state index contributed by atoms with van der Waals surface area (Å²) in [6, 6.07) is 20.6. The molecule has 1 amide bonds. The number of likely N-dealkylation sites (N-methyl/N-ethyl adjacent to an activating group) is 1. The monoisotopic (exact) mass is 386 g/mol. The number of amidine groups is 1. The molecule has 1 aliphatic heterocycles. The van der Waals surface area contributed by atoms with Crippen molar-refractivity contribution in [3.8, 4) is 0 Å². The molecule has 3 aromatic carbocycles. The Morgan fingerprint density at radius 3 is 2.64 bits per heavy atom. The summed E-state index contributed by atoms with van der Waals surface area (Å²) in [5.41, 5.74) is 4.24. The minimum absolute atomic E-state index is 0.0180. The van der Waals surface area contributed by atoms with E-state index in [1.54, 1.807) is 4.90 Å². The Balaban J connectivity index is 1.76. The molecule has 0 N–H and O–H groups in total. The third kappa shape index (κ3) is 3.48. The molecule has 3 aromatic rings. The maximum absolute atomic E-state index is 13.0. The summed E-state index contributed by atoms with van der Waals surface area (Å²) in [4.78, 5) is 20.3. The summed E-state index contributed by atoms with van der Waals surface area (Å²) in [6.45, 7) is 6.68. The van der Waals surface area contributed by atoms with Crippen LogP contribution in [0.4, 0.5) is 5.69 Å². The van der Waals surface area contributed by atoms with E-state index in [4.69, 9.17) is 4.99 Å². The molecule has 0 aliphatic carbocycles. The van der Waals surface area contributed by atoms with Gasteiger partial charge in [0.05, 0.1) is 10.6 Å². The van der Waals surface area contributed by atoms with Crippen LogP contribution in [0.25, 0.3) is 16.8 Å². The molecular formula is C24H22N2OS. The molecule has 0 aromatic heterocycles. The molecule has 0 unspecified atom stereocenters.